The first-order valence-corrected chi connectivity index (χ1v) is 6.30. The maximum Gasteiger partial charge on any atom is 0.140 e. The van der Waals surface area contributed by atoms with Crippen LogP contribution in [0.4, 0.5) is 0 Å². The lowest BCUT2D eigenvalue weighted by molar-refractivity contribution is 1.16. The highest BCUT2D eigenvalue weighted by Gasteiger charge is 2.09. The number of hydrogen-bond acceptors (Lipinski definition) is 1. The summed E-state index contributed by atoms with van der Waals surface area (Å²) >= 11 is 12.1. The van der Waals surface area contributed by atoms with Crippen LogP contribution in [0.1, 0.15) is 5.56 Å². The predicted molar refractivity (Wildman–Crippen MR) is 75.4 cm³/mol. The minimum Gasteiger partial charge on any atom is -0.306 e. The van der Waals surface area contributed by atoms with Crippen LogP contribution in [0.3, 0.4) is 0 Å². The van der Waals surface area contributed by atoms with Gasteiger partial charge < -0.3 is 4.40 Å². The van der Waals surface area contributed by atoms with Crippen molar-refractivity contribution in [2.24, 2.45) is 0 Å². The first kappa shape index (κ1) is 11.6. The molecule has 0 aliphatic rings. The number of halogens is 2. The van der Waals surface area contributed by atoms with E-state index in [1.807, 2.05) is 48.0 Å². The van der Waals surface area contributed by atoms with E-state index in [9.17, 15) is 0 Å². The van der Waals surface area contributed by atoms with Crippen molar-refractivity contribution in [2.75, 3.05) is 0 Å². The minimum absolute atomic E-state index is 0.614. The molecule has 0 aliphatic heterocycles. The van der Waals surface area contributed by atoms with Gasteiger partial charge in [0.25, 0.3) is 0 Å². The summed E-state index contributed by atoms with van der Waals surface area (Å²) in [4.78, 5) is 4.61. The highest BCUT2D eigenvalue weighted by atomic mass is 35.5. The molecule has 2 heterocycles. The van der Waals surface area contributed by atoms with E-state index in [0.29, 0.717) is 10.0 Å². The lowest BCUT2D eigenvalue weighted by Crippen LogP contribution is -1.84. The SMILES string of the molecule is Cc1cccn2cc(-c3ccc(Cl)cc3Cl)nc12. The lowest BCUT2D eigenvalue weighted by atomic mass is 10.2. The number of hydrogen-bond donors (Lipinski definition) is 0. The Morgan fingerprint density at radius 3 is 2.72 bits per heavy atom. The third-order valence-electron chi connectivity index (χ3n) is 2.88. The smallest absolute Gasteiger partial charge is 0.140 e. The zero-order valence-electron chi connectivity index (χ0n) is 9.69. The number of benzene rings is 1. The van der Waals surface area contributed by atoms with Crippen LogP contribution in [-0.4, -0.2) is 9.38 Å². The van der Waals surface area contributed by atoms with Crippen LogP contribution >= 0.6 is 23.2 Å². The quantitative estimate of drug-likeness (QED) is 0.634. The molecule has 0 bridgehead atoms. The summed E-state index contributed by atoms with van der Waals surface area (Å²) in [5.41, 5.74) is 3.82. The summed E-state index contributed by atoms with van der Waals surface area (Å²) in [5, 5.41) is 1.24. The third-order valence-corrected chi connectivity index (χ3v) is 3.43. The van der Waals surface area contributed by atoms with Gasteiger partial charge in [0.1, 0.15) is 5.65 Å². The zero-order chi connectivity index (χ0) is 12.7. The van der Waals surface area contributed by atoms with Crippen molar-refractivity contribution >= 4 is 28.8 Å². The maximum absolute atomic E-state index is 6.20. The Kier molecular flexibility index (Phi) is 2.77. The second kappa shape index (κ2) is 4.30. The topological polar surface area (TPSA) is 17.3 Å². The van der Waals surface area contributed by atoms with Crippen LogP contribution in [0.25, 0.3) is 16.9 Å². The minimum atomic E-state index is 0.614. The molecule has 1 aromatic carbocycles. The molecule has 0 fully saturated rings. The fraction of sp³-hybridized carbons (Fsp3) is 0.0714. The molecule has 2 aromatic heterocycles. The summed E-state index contributed by atoms with van der Waals surface area (Å²) in [5.74, 6) is 0. The molecule has 0 unspecified atom stereocenters. The molecule has 4 heteroatoms. The molecular formula is C14H10Cl2N2. The van der Waals surface area contributed by atoms with Crippen LogP contribution in [0.15, 0.2) is 42.7 Å². The van der Waals surface area contributed by atoms with Crippen molar-refractivity contribution in [3.63, 3.8) is 0 Å². The molecule has 0 aliphatic carbocycles. The van der Waals surface area contributed by atoms with Crippen molar-refractivity contribution < 1.29 is 0 Å². The van der Waals surface area contributed by atoms with Gasteiger partial charge in [0, 0.05) is 23.0 Å². The molecule has 3 aromatic rings. The van der Waals surface area contributed by atoms with Gasteiger partial charge in [-0.05, 0) is 36.8 Å². The van der Waals surface area contributed by atoms with Gasteiger partial charge in [-0.1, -0.05) is 29.3 Å². The molecule has 3 rings (SSSR count). The van der Waals surface area contributed by atoms with E-state index < -0.39 is 0 Å². The summed E-state index contributed by atoms with van der Waals surface area (Å²) < 4.78 is 2.00. The Morgan fingerprint density at radius 2 is 2.00 bits per heavy atom. The van der Waals surface area contributed by atoms with E-state index in [0.717, 1.165) is 22.5 Å². The normalized spacial score (nSPS) is 11.1. The van der Waals surface area contributed by atoms with Crippen LogP contribution < -0.4 is 0 Å². The van der Waals surface area contributed by atoms with Crippen molar-refractivity contribution in [2.45, 2.75) is 6.92 Å². The molecule has 0 spiro atoms. The number of pyridine rings is 1. The first-order valence-electron chi connectivity index (χ1n) is 5.55. The molecule has 0 N–H and O–H groups in total. The van der Waals surface area contributed by atoms with Crippen molar-refractivity contribution in [1.82, 2.24) is 9.38 Å². The number of aromatic nitrogens is 2. The molecule has 0 saturated heterocycles. The Balaban J connectivity index is 2.23. The van der Waals surface area contributed by atoms with Crippen LogP contribution in [0, 0.1) is 6.92 Å². The van der Waals surface area contributed by atoms with Crippen LogP contribution in [-0.2, 0) is 0 Å². The Hall–Kier alpha value is -1.51. The summed E-state index contributed by atoms with van der Waals surface area (Å²) in [7, 11) is 0. The standard InChI is InChI=1S/C14H10Cl2N2/c1-9-3-2-6-18-8-13(17-14(9)18)11-5-4-10(15)7-12(11)16/h2-8H,1H3. The van der Waals surface area contributed by atoms with Gasteiger partial charge in [0.2, 0.25) is 0 Å². The van der Waals surface area contributed by atoms with Crippen molar-refractivity contribution in [3.05, 3.63) is 58.3 Å². The number of nitrogens with zero attached hydrogens (tertiary/aromatic N) is 2. The monoisotopic (exact) mass is 276 g/mol. The first-order chi connectivity index (χ1) is 8.65. The summed E-state index contributed by atoms with van der Waals surface area (Å²) in [6.07, 6.45) is 3.94. The highest BCUT2D eigenvalue weighted by molar-refractivity contribution is 6.36. The van der Waals surface area contributed by atoms with E-state index in [1.54, 1.807) is 6.07 Å². The van der Waals surface area contributed by atoms with Crippen molar-refractivity contribution in [1.29, 1.82) is 0 Å². The average Bonchev–Trinajstić information content (AvgIpc) is 2.74. The van der Waals surface area contributed by atoms with Gasteiger partial charge in [0.05, 0.1) is 10.7 Å². The van der Waals surface area contributed by atoms with Crippen molar-refractivity contribution in [3.8, 4) is 11.3 Å². The molecule has 18 heavy (non-hydrogen) atoms. The van der Waals surface area contributed by atoms with E-state index >= 15 is 0 Å². The maximum atomic E-state index is 6.20. The molecule has 2 nitrogen and oxygen atoms in total. The zero-order valence-corrected chi connectivity index (χ0v) is 11.2. The van der Waals surface area contributed by atoms with Gasteiger partial charge >= 0.3 is 0 Å². The average molecular weight is 277 g/mol. The number of aryl methyl sites for hydroxylation is 1. The predicted octanol–water partition coefficient (Wildman–Crippen LogP) is 4.62. The second-order valence-corrected chi connectivity index (χ2v) is 5.02. The molecule has 0 radical (unpaired) electrons. The molecule has 90 valence electrons. The molecular weight excluding hydrogens is 267 g/mol. The lowest BCUT2D eigenvalue weighted by Gasteiger charge is -2.00. The van der Waals surface area contributed by atoms with Crippen LogP contribution in [0.2, 0.25) is 10.0 Å². The number of fused-ring (bicyclic) bond motifs is 1. The van der Waals surface area contributed by atoms with Gasteiger partial charge in [-0.15, -0.1) is 0 Å². The number of rotatable bonds is 1. The van der Waals surface area contributed by atoms with E-state index in [-0.39, 0.29) is 0 Å². The van der Waals surface area contributed by atoms with E-state index in [1.165, 1.54) is 0 Å². The van der Waals surface area contributed by atoms with Crippen LogP contribution in [0.5, 0.6) is 0 Å². The Labute approximate surface area is 115 Å². The van der Waals surface area contributed by atoms with E-state index in [4.69, 9.17) is 23.2 Å². The Bertz CT molecular complexity index is 732. The second-order valence-electron chi connectivity index (χ2n) is 4.17. The fourth-order valence-corrected chi connectivity index (χ4v) is 2.49. The largest absolute Gasteiger partial charge is 0.306 e. The van der Waals surface area contributed by atoms with Gasteiger partial charge in [-0.2, -0.15) is 0 Å². The Morgan fingerprint density at radius 1 is 1.17 bits per heavy atom. The van der Waals surface area contributed by atoms with E-state index in [2.05, 4.69) is 4.98 Å². The summed E-state index contributed by atoms with van der Waals surface area (Å²) in [6.45, 7) is 2.04. The molecule has 0 atom stereocenters. The molecule has 0 saturated carbocycles. The molecule has 0 amide bonds. The summed E-state index contributed by atoms with van der Waals surface area (Å²) in [6, 6.07) is 9.48. The van der Waals surface area contributed by atoms with Gasteiger partial charge in [-0.3, -0.25) is 0 Å². The number of imidazole rings is 1. The van der Waals surface area contributed by atoms with Gasteiger partial charge in [-0.25, -0.2) is 4.98 Å². The highest BCUT2D eigenvalue weighted by Crippen LogP contribution is 2.30. The third kappa shape index (κ3) is 1.88. The fourth-order valence-electron chi connectivity index (χ4n) is 1.98. The van der Waals surface area contributed by atoms with Gasteiger partial charge in [0.15, 0.2) is 0 Å².